The monoisotopic (exact) mass is 318 g/mol. The van der Waals surface area contributed by atoms with Gasteiger partial charge in [-0.15, -0.1) is 0 Å². The molecule has 114 valence electrons. The Hall–Kier alpha value is -1.59. The Bertz CT molecular complexity index is 656. The summed E-state index contributed by atoms with van der Waals surface area (Å²) in [7, 11) is -3.66. The molecular weight excluding hydrogens is 305 g/mol. The van der Waals surface area contributed by atoms with Crippen LogP contribution in [0.1, 0.15) is 18.4 Å². The summed E-state index contributed by atoms with van der Waals surface area (Å²) in [6.07, 6.45) is -4.40. The molecule has 0 radical (unpaired) electrons. The van der Waals surface area contributed by atoms with Gasteiger partial charge in [0.15, 0.2) is 9.84 Å². The van der Waals surface area contributed by atoms with E-state index in [4.69, 9.17) is 5.26 Å². The van der Waals surface area contributed by atoms with Crippen molar-refractivity contribution in [1.29, 1.82) is 5.26 Å². The number of hydrogen-bond acceptors (Lipinski definition) is 4. The van der Waals surface area contributed by atoms with E-state index in [0.29, 0.717) is 5.56 Å². The fraction of sp³-hybridized carbons (Fsp3) is 0.462. The number of nitriles is 1. The summed E-state index contributed by atoms with van der Waals surface area (Å²) in [5, 5.41) is 10.9. The molecule has 1 N–H and O–H groups in total. The minimum absolute atomic E-state index is 0.000144. The van der Waals surface area contributed by atoms with Crippen molar-refractivity contribution in [2.24, 2.45) is 0 Å². The number of rotatable bonds is 5. The summed E-state index contributed by atoms with van der Waals surface area (Å²) in [6, 6.07) is 7.15. The number of benzene rings is 1. The number of halogens is 3. The van der Waals surface area contributed by atoms with Crippen LogP contribution >= 0.6 is 0 Å². The van der Waals surface area contributed by atoms with Crippen molar-refractivity contribution in [2.75, 3.05) is 12.3 Å². The van der Waals surface area contributed by atoms with Crippen molar-refractivity contribution in [1.82, 2.24) is 5.32 Å². The summed E-state index contributed by atoms with van der Waals surface area (Å²) in [5.74, 6) is -0.420. The first-order valence-electron chi connectivity index (χ1n) is 6.25. The number of hydrogen-bond donors (Lipinski definition) is 1. The molecule has 8 heteroatoms. The molecule has 0 saturated heterocycles. The van der Waals surface area contributed by atoms with Crippen molar-refractivity contribution >= 4 is 9.84 Å². The number of nitrogens with one attached hydrogen (secondary N) is 1. The fourth-order valence-electron chi connectivity index (χ4n) is 1.96. The molecule has 0 atom stereocenters. The zero-order valence-electron chi connectivity index (χ0n) is 10.9. The maximum atomic E-state index is 12.7. The molecule has 1 aliphatic rings. The van der Waals surface area contributed by atoms with Gasteiger partial charge in [-0.25, -0.2) is 8.42 Å². The van der Waals surface area contributed by atoms with Gasteiger partial charge in [0.05, 0.1) is 22.3 Å². The molecule has 2 rings (SSSR count). The summed E-state index contributed by atoms with van der Waals surface area (Å²) >= 11 is 0. The van der Waals surface area contributed by atoms with Crippen LogP contribution in [0.15, 0.2) is 29.2 Å². The van der Waals surface area contributed by atoms with Crippen molar-refractivity contribution in [3.8, 4) is 6.07 Å². The van der Waals surface area contributed by atoms with Gasteiger partial charge in [0.25, 0.3) is 0 Å². The maximum absolute atomic E-state index is 12.7. The van der Waals surface area contributed by atoms with E-state index < -0.39 is 27.3 Å². The zero-order valence-corrected chi connectivity index (χ0v) is 11.8. The minimum atomic E-state index is -4.36. The molecule has 0 unspecified atom stereocenters. The van der Waals surface area contributed by atoms with Gasteiger partial charge in [-0.05, 0) is 37.1 Å². The van der Waals surface area contributed by atoms with Gasteiger partial charge in [-0.3, -0.25) is 0 Å². The number of sulfone groups is 1. The lowest BCUT2D eigenvalue weighted by Gasteiger charge is -2.20. The van der Waals surface area contributed by atoms with Crippen molar-refractivity contribution in [2.45, 2.75) is 29.5 Å². The Balaban J connectivity index is 1.97. The molecule has 4 nitrogen and oxygen atoms in total. The van der Waals surface area contributed by atoms with E-state index in [1.165, 1.54) is 24.3 Å². The average molecular weight is 318 g/mol. The van der Waals surface area contributed by atoms with Gasteiger partial charge in [0.1, 0.15) is 5.54 Å². The van der Waals surface area contributed by atoms with E-state index >= 15 is 0 Å². The van der Waals surface area contributed by atoms with Crippen LogP contribution in [0.25, 0.3) is 0 Å². The fourth-order valence-corrected chi connectivity index (χ4v) is 3.12. The van der Waals surface area contributed by atoms with Crippen LogP contribution in [0.5, 0.6) is 0 Å². The Kier molecular flexibility index (Phi) is 4.00. The third-order valence-corrected chi connectivity index (χ3v) is 5.20. The Labute approximate surface area is 120 Å². The van der Waals surface area contributed by atoms with E-state index in [-0.39, 0.29) is 24.3 Å². The highest BCUT2D eigenvalue weighted by atomic mass is 32.2. The van der Waals surface area contributed by atoms with Gasteiger partial charge in [0.2, 0.25) is 0 Å². The van der Waals surface area contributed by atoms with Crippen LogP contribution in [-0.4, -0.2) is 32.4 Å². The van der Waals surface area contributed by atoms with Crippen LogP contribution in [0.4, 0.5) is 13.2 Å². The van der Waals surface area contributed by atoms with E-state index in [9.17, 15) is 21.6 Å². The first-order valence-corrected chi connectivity index (χ1v) is 7.90. The predicted molar refractivity (Wildman–Crippen MR) is 69.2 cm³/mol. The molecule has 0 aromatic heterocycles. The molecule has 1 aromatic carbocycles. The number of alkyl halides is 3. The average Bonchev–Trinajstić information content (AvgIpc) is 3.19. The van der Waals surface area contributed by atoms with E-state index in [2.05, 4.69) is 5.32 Å². The van der Waals surface area contributed by atoms with Gasteiger partial charge >= 0.3 is 6.18 Å². The molecule has 1 aromatic rings. The third-order valence-electron chi connectivity index (χ3n) is 3.47. The minimum Gasteiger partial charge on any atom is -0.303 e. The first-order chi connectivity index (χ1) is 9.70. The quantitative estimate of drug-likeness (QED) is 0.902. The highest BCUT2D eigenvalue weighted by Gasteiger charge is 2.62. The molecule has 1 fully saturated rings. The summed E-state index contributed by atoms with van der Waals surface area (Å²) in [5.41, 5.74) is -1.59. The SMILES string of the molecule is N#Cc1ccc(S(=O)(=O)CCNC2(C(F)(F)F)CC2)cc1. The molecule has 0 spiro atoms. The molecule has 0 heterocycles. The van der Waals surface area contributed by atoms with Gasteiger partial charge < -0.3 is 5.32 Å². The topological polar surface area (TPSA) is 70.0 Å². The molecule has 0 aliphatic heterocycles. The Morgan fingerprint density at radius 1 is 1.24 bits per heavy atom. The lowest BCUT2D eigenvalue weighted by molar-refractivity contribution is -0.165. The maximum Gasteiger partial charge on any atom is 0.406 e. The second-order valence-electron chi connectivity index (χ2n) is 4.96. The largest absolute Gasteiger partial charge is 0.406 e. The standard InChI is InChI=1S/C13H13F3N2O2S/c14-13(15,16)12(5-6-12)18-7-8-21(19,20)11-3-1-10(9-17)2-4-11/h1-4,18H,5-8H2. The van der Waals surface area contributed by atoms with Crippen LogP contribution in [0, 0.1) is 11.3 Å². The van der Waals surface area contributed by atoms with Crippen molar-refractivity contribution < 1.29 is 21.6 Å². The van der Waals surface area contributed by atoms with Crippen molar-refractivity contribution in [3.63, 3.8) is 0 Å². The molecule has 1 aliphatic carbocycles. The smallest absolute Gasteiger partial charge is 0.303 e. The van der Waals surface area contributed by atoms with E-state index in [1.807, 2.05) is 6.07 Å². The number of nitrogens with zero attached hydrogens (tertiary/aromatic N) is 1. The molecule has 21 heavy (non-hydrogen) atoms. The van der Waals surface area contributed by atoms with E-state index in [1.54, 1.807) is 0 Å². The van der Waals surface area contributed by atoms with Crippen LogP contribution in [0.3, 0.4) is 0 Å². The zero-order chi connectivity index (χ0) is 15.7. The second kappa shape index (κ2) is 5.31. The first kappa shape index (κ1) is 15.8. The molecule has 0 bridgehead atoms. The molecule has 0 amide bonds. The highest BCUT2D eigenvalue weighted by Crippen LogP contribution is 2.48. The second-order valence-corrected chi connectivity index (χ2v) is 7.07. The summed E-state index contributed by atoms with van der Waals surface area (Å²) in [4.78, 5) is 0.000144. The molecular formula is C13H13F3N2O2S. The van der Waals surface area contributed by atoms with E-state index in [0.717, 1.165) is 0 Å². The third kappa shape index (κ3) is 3.36. The van der Waals surface area contributed by atoms with Crippen LogP contribution in [0.2, 0.25) is 0 Å². The van der Waals surface area contributed by atoms with Gasteiger partial charge in [0, 0.05) is 6.54 Å². The van der Waals surface area contributed by atoms with Crippen molar-refractivity contribution in [3.05, 3.63) is 29.8 Å². The predicted octanol–water partition coefficient (Wildman–Crippen LogP) is 2.02. The normalized spacial score (nSPS) is 17.2. The van der Waals surface area contributed by atoms with Gasteiger partial charge in [-0.2, -0.15) is 18.4 Å². The lowest BCUT2D eigenvalue weighted by atomic mass is 10.2. The Morgan fingerprint density at radius 2 is 1.81 bits per heavy atom. The summed E-state index contributed by atoms with van der Waals surface area (Å²) in [6.45, 7) is -0.262. The Morgan fingerprint density at radius 3 is 2.24 bits per heavy atom. The van der Waals surface area contributed by atoms with Gasteiger partial charge in [-0.1, -0.05) is 0 Å². The molecule has 1 saturated carbocycles. The lowest BCUT2D eigenvalue weighted by Crippen LogP contribution is -2.46. The van der Waals surface area contributed by atoms with Crippen LogP contribution < -0.4 is 5.32 Å². The highest BCUT2D eigenvalue weighted by molar-refractivity contribution is 7.91. The van der Waals surface area contributed by atoms with Crippen LogP contribution in [-0.2, 0) is 9.84 Å². The summed E-state index contributed by atoms with van der Waals surface area (Å²) < 4.78 is 62.0.